The molecule has 0 radical (unpaired) electrons. The molecular formula is C18H28O2. The van der Waals surface area contributed by atoms with Gasteiger partial charge in [0.15, 0.2) is 0 Å². The molecule has 6 unspecified atom stereocenters. The lowest BCUT2D eigenvalue weighted by molar-refractivity contribution is -0.128. The van der Waals surface area contributed by atoms with Crippen LogP contribution in [0.1, 0.15) is 64.7 Å². The lowest BCUT2D eigenvalue weighted by atomic mass is 9.50. The number of aliphatic hydroxyl groups excluding tert-OH is 1. The van der Waals surface area contributed by atoms with Crippen LogP contribution < -0.4 is 0 Å². The number of aliphatic hydroxyl groups is 1. The zero-order valence-corrected chi connectivity index (χ0v) is 12.7. The maximum absolute atomic E-state index is 11.7. The lowest BCUT2D eigenvalue weighted by Crippen LogP contribution is -2.49. The van der Waals surface area contributed by atoms with Gasteiger partial charge in [0.2, 0.25) is 0 Å². The minimum absolute atomic E-state index is 0.0564. The van der Waals surface area contributed by atoms with Crippen LogP contribution in [0.3, 0.4) is 0 Å². The van der Waals surface area contributed by atoms with E-state index in [9.17, 15) is 9.90 Å². The Labute approximate surface area is 122 Å². The smallest absolute Gasteiger partial charge is 0.133 e. The monoisotopic (exact) mass is 276 g/mol. The Morgan fingerprint density at radius 2 is 1.85 bits per heavy atom. The van der Waals surface area contributed by atoms with Gasteiger partial charge in [-0.1, -0.05) is 6.92 Å². The molecule has 20 heavy (non-hydrogen) atoms. The van der Waals surface area contributed by atoms with E-state index in [1.165, 1.54) is 32.1 Å². The fourth-order valence-corrected chi connectivity index (χ4v) is 6.63. The number of carbonyl (C=O) groups excluding carboxylic acids is 1. The molecule has 4 aliphatic rings. The fraction of sp³-hybridized carbons (Fsp3) is 0.944. The number of Topliss-reactive ketones (excluding diaryl/α,β-unsaturated/α-hetero) is 1. The Bertz CT molecular complexity index is 418. The van der Waals surface area contributed by atoms with Crippen LogP contribution in [-0.2, 0) is 4.79 Å². The lowest BCUT2D eigenvalue weighted by Gasteiger charge is -2.55. The molecule has 1 N–H and O–H groups in total. The predicted octanol–water partition coefficient (Wildman–Crippen LogP) is 3.57. The maximum atomic E-state index is 11.7. The summed E-state index contributed by atoms with van der Waals surface area (Å²) in [5.74, 6) is 4.52. The Hall–Kier alpha value is -0.370. The first-order valence-corrected chi connectivity index (χ1v) is 8.79. The van der Waals surface area contributed by atoms with Gasteiger partial charge in [0.05, 0.1) is 6.10 Å². The first-order valence-electron chi connectivity index (χ1n) is 8.79. The molecule has 112 valence electrons. The average Bonchev–Trinajstić information content (AvgIpc) is 2.74. The topological polar surface area (TPSA) is 37.3 Å². The van der Waals surface area contributed by atoms with Crippen molar-refractivity contribution in [2.24, 2.45) is 35.0 Å². The van der Waals surface area contributed by atoms with E-state index < -0.39 is 0 Å². The number of hydrogen-bond acceptors (Lipinski definition) is 2. The molecule has 0 spiro atoms. The van der Waals surface area contributed by atoms with Crippen LogP contribution in [0.4, 0.5) is 0 Å². The van der Waals surface area contributed by atoms with E-state index in [2.05, 4.69) is 6.92 Å². The van der Waals surface area contributed by atoms with E-state index >= 15 is 0 Å². The minimum atomic E-state index is -0.0564. The largest absolute Gasteiger partial charge is 0.393 e. The number of ketones is 1. The molecule has 0 aliphatic heterocycles. The Balaban J connectivity index is 1.58. The molecule has 4 fully saturated rings. The van der Waals surface area contributed by atoms with Gasteiger partial charge in [-0.05, 0) is 80.0 Å². The summed E-state index contributed by atoms with van der Waals surface area (Å²) in [5.41, 5.74) is 0.207. The SMILES string of the molecule is CC12CCC3C(CC[C@H]4CC(=O)CCC34)C1CCC2O. The summed E-state index contributed by atoms with van der Waals surface area (Å²) in [4.78, 5) is 11.7. The van der Waals surface area contributed by atoms with Gasteiger partial charge in [0, 0.05) is 12.8 Å². The molecule has 0 aromatic rings. The highest BCUT2D eigenvalue weighted by Gasteiger charge is 2.56. The van der Waals surface area contributed by atoms with E-state index in [-0.39, 0.29) is 11.5 Å². The van der Waals surface area contributed by atoms with Crippen molar-refractivity contribution >= 4 is 5.78 Å². The van der Waals surface area contributed by atoms with Gasteiger partial charge in [-0.25, -0.2) is 0 Å². The summed E-state index contributed by atoms with van der Waals surface area (Å²) < 4.78 is 0. The standard InChI is InChI=1S/C18H28O2/c1-18-9-8-14-13-5-3-12(19)10-11(13)2-4-15(14)16(18)6-7-17(18)20/h11,13-17,20H,2-10H2,1H3/t11-,13?,14?,15?,16?,17?,18?/m0/s1. The predicted molar refractivity (Wildman–Crippen MR) is 78.1 cm³/mol. The molecular weight excluding hydrogens is 248 g/mol. The molecule has 4 aliphatic carbocycles. The molecule has 2 nitrogen and oxygen atoms in total. The third-order valence-corrected chi connectivity index (χ3v) is 7.72. The van der Waals surface area contributed by atoms with Crippen LogP contribution >= 0.6 is 0 Å². The third kappa shape index (κ3) is 1.76. The van der Waals surface area contributed by atoms with Gasteiger partial charge in [0.25, 0.3) is 0 Å². The van der Waals surface area contributed by atoms with Crippen molar-refractivity contribution in [2.75, 3.05) is 0 Å². The number of rotatable bonds is 0. The van der Waals surface area contributed by atoms with E-state index in [1.54, 1.807) is 0 Å². The quantitative estimate of drug-likeness (QED) is 0.734. The first-order chi connectivity index (χ1) is 9.59. The molecule has 0 aromatic heterocycles. The van der Waals surface area contributed by atoms with Gasteiger partial charge in [0.1, 0.15) is 5.78 Å². The Morgan fingerprint density at radius 3 is 2.70 bits per heavy atom. The Kier molecular flexibility index (Phi) is 3.03. The second-order valence-electron chi connectivity index (χ2n) is 8.35. The summed E-state index contributed by atoms with van der Waals surface area (Å²) in [6, 6.07) is 0. The zero-order chi connectivity index (χ0) is 13.9. The second kappa shape index (κ2) is 4.56. The third-order valence-electron chi connectivity index (χ3n) is 7.72. The first kappa shape index (κ1) is 13.3. The van der Waals surface area contributed by atoms with Crippen molar-refractivity contribution < 1.29 is 9.90 Å². The highest BCUT2D eigenvalue weighted by Crippen LogP contribution is 2.62. The highest BCUT2D eigenvalue weighted by atomic mass is 16.3. The van der Waals surface area contributed by atoms with Crippen molar-refractivity contribution in [3.05, 3.63) is 0 Å². The second-order valence-corrected chi connectivity index (χ2v) is 8.35. The van der Waals surface area contributed by atoms with E-state index in [1.807, 2.05) is 0 Å². The van der Waals surface area contributed by atoms with Crippen LogP contribution in [0.25, 0.3) is 0 Å². The number of fused-ring (bicyclic) bond motifs is 5. The van der Waals surface area contributed by atoms with E-state index in [4.69, 9.17) is 0 Å². The fourth-order valence-electron chi connectivity index (χ4n) is 6.63. The van der Waals surface area contributed by atoms with Crippen molar-refractivity contribution in [3.63, 3.8) is 0 Å². The van der Waals surface area contributed by atoms with Gasteiger partial charge in [-0.2, -0.15) is 0 Å². The summed E-state index contributed by atoms with van der Waals surface area (Å²) in [6.07, 6.45) is 10.2. The molecule has 4 rings (SSSR count). The van der Waals surface area contributed by atoms with Crippen LogP contribution in [0.5, 0.6) is 0 Å². The average molecular weight is 276 g/mol. The minimum Gasteiger partial charge on any atom is -0.393 e. The Morgan fingerprint density at radius 1 is 1.00 bits per heavy atom. The van der Waals surface area contributed by atoms with Crippen molar-refractivity contribution in [2.45, 2.75) is 70.8 Å². The summed E-state index contributed by atoms with van der Waals surface area (Å²) >= 11 is 0. The van der Waals surface area contributed by atoms with Crippen molar-refractivity contribution in [3.8, 4) is 0 Å². The van der Waals surface area contributed by atoms with Crippen LogP contribution in [0.2, 0.25) is 0 Å². The zero-order valence-electron chi connectivity index (χ0n) is 12.7. The van der Waals surface area contributed by atoms with Crippen LogP contribution in [0, 0.1) is 35.0 Å². The van der Waals surface area contributed by atoms with Gasteiger partial charge < -0.3 is 5.11 Å². The van der Waals surface area contributed by atoms with E-state index in [0.717, 1.165) is 49.4 Å². The summed E-state index contributed by atoms with van der Waals surface area (Å²) in [6.45, 7) is 2.35. The van der Waals surface area contributed by atoms with Gasteiger partial charge >= 0.3 is 0 Å². The molecule has 4 saturated carbocycles. The van der Waals surface area contributed by atoms with Crippen LogP contribution in [0.15, 0.2) is 0 Å². The van der Waals surface area contributed by atoms with Gasteiger partial charge in [-0.3, -0.25) is 4.79 Å². The number of hydrogen-bond donors (Lipinski definition) is 1. The molecule has 0 aromatic carbocycles. The van der Waals surface area contributed by atoms with Gasteiger partial charge in [-0.15, -0.1) is 0 Å². The molecule has 0 heterocycles. The van der Waals surface area contributed by atoms with Crippen molar-refractivity contribution in [1.82, 2.24) is 0 Å². The summed E-state index contributed by atoms with van der Waals surface area (Å²) in [7, 11) is 0. The number of carbonyl (C=O) groups is 1. The van der Waals surface area contributed by atoms with Crippen LogP contribution in [-0.4, -0.2) is 17.0 Å². The molecule has 0 bridgehead atoms. The molecule has 0 saturated heterocycles. The normalized spacial score (nSPS) is 55.0. The van der Waals surface area contributed by atoms with Crippen molar-refractivity contribution in [1.29, 1.82) is 0 Å². The molecule has 0 amide bonds. The maximum Gasteiger partial charge on any atom is 0.133 e. The highest BCUT2D eigenvalue weighted by molar-refractivity contribution is 5.79. The van der Waals surface area contributed by atoms with E-state index in [0.29, 0.717) is 11.7 Å². The summed E-state index contributed by atoms with van der Waals surface area (Å²) in [5, 5.41) is 10.4. The molecule has 2 heteroatoms. The molecule has 7 atom stereocenters.